The van der Waals surface area contributed by atoms with Crippen molar-refractivity contribution in [2.45, 2.75) is 58.0 Å². The van der Waals surface area contributed by atoms with Crippen LogP contribution < -0.4 is 16.0 Å². The van der Waals surface area contributed by atoms with Gasteiger partial charge in [0, 0.05) is 44.5 Å². The minimum absolute atomic E-state index is 0.00852. The van der Waals surface area contributed by atoms with Crippen LogP contribution in [0.1, 0.15) is 51.0 Å². The zero-order valence-electron chi connectivity index (χ0n) is 16.1. The van der Waals surface area contributed by atoms with Crippen molar-refractivity contribution in [3.63, 3.8) is 0 Å². The van der Waals surface area contributed by atoms with E-state index in [2.05, 4.69) is 28.9 Å². The molecule has 1 saturated carbocycles. The molecule has 2 fully saturated rings. The fourth-order valence-corrected chi connectivity index (χ4v) is 4.15. The maximum Gasteiger partial charge on any atom is 0.321 e. The molecular formula is C21H34N4O. The minimum Gasteiger partial charge on any atom is -0.322 e. The summed E-state index contributed by atoms with van der Waals surface area (Å²) in [5.74, 6) is 0.883. The zero-order chi connectivity index (χ0) is 18.2. The van der Waals surface area contributed by atoms with E-state index in [0.29, 0.717) is 6.04 Å². The van der Waals surface area contributed by atoms with Crippen LogP contribution in [0.5, 0.6) is 0 Å². The molecule has 5 nitrogen and oxygen atoms in total. The van der Waals surface area contributed by atoms with E-state index >= 15 is 0 Å². The van der Waals surface area contributed by atoms with Crippen LogP contribution in [0.25, 0.3) is 0 Å². The summed E-state index contributed by atoms with van der Waals surface area (Å²) in [6.07, 6.45) is 8.26. The number of hydrogen-bond donors (Lipinski definition) is 3. The normalized spacial score (nSPS) is 20.0. The predicted molar refractivity (Wildman–Crippen MR) is 107 cm³/mol. The topological polar surface area (TPSA) is 56.4 Å². The standard InChI is InChI=1S/C21H34N4O/c1-17(15-18-7-3-2-4-8-18)23-16-19-9-5-6-10-20(19)24-21(26)25-13-11-22-12-14-25/h5-6,9-10,17-18,22-23H,2-4,7-8,11-16H2,1H3,(H,24,26). The van der Waals surface area contributed by atoms with Gasteiger partial charge < -0.3 is 20.9 Å². The monoisotopic (exact) mass is 358 g/mol. The molecular weight excluding hydrogens is 324 g/mol. The van der Waals surface area contributed by atoms with E-state index < -0.39 is 0 Å². The van der Waals surface area contributed by atoms with E-state index in [4.69, 9.17) is 0 Å². The maximum absolute atomic E-state index is 12.5. The number of amides is 2. The molecule has 1 heterocycles. The molecule has 3 N–H and O–H groups in total. The van der Waals surface area contributed by atoms with E-state index in [9.17, 15) is 4.79 Å². The number of nitrogens with zero attached hydrogens (tertiary/aromatic N) is 1. The predicted octanol–water partition coefficient (Wildman–Crippen LogP) is 3.57. The minimum atomic E-state index is 0.00852. The highest BCUT2D eigenvalue weighted by molar-refractivity contribution is 5.90. The Morgan fingerprint density at radius 2 is 1.92 bits per heavy atom. The van der Waals surface area contributed by atoms with Crippen molar-refractivity contribution in [2.75, 3.05) is 31.5 Å². The van der Waals surface area contributed by atoms with Gasteiger partial charge in [-0.3, -0.25) is 0 Å². The van der Waals surface area contributed by atoms with Gasteiger partial charge in [-0.1, -0.05) is 50.3 Å². The molecule has 0 bridgehead atoms. The Balaban J connectivity index is 1.50. The lowest BCUT2D eigenvalue weighted by molar-refractivity contribution is 0.204. The van der Waals surface area contributed by atoms with Crippen LogP contribution in [0.3, 0.4) is 0 Å². The third-order valence-electron chi connectivity index (χ3n) is 5.72. The van der Waals surface area contributed by atoms with Gasteiger partial charge in [-0.25, -0.2) is 4.79 Å². The Kier molecular flexibility index (Phi) is 7.32. The summed E-state index contributed by atoms with van der Waals surface area (Å²) in [7, 11) is 0. The molecule has 1 aromatic rings. The van der Waals surface area contributed by atoms with Gasteiger partial charge in [-0.05, 0) is 30.9 Å². The lowest BCUT2D eigenvalue weighted by Crippen LogP contribution is -2.48. The van der Waals surface area contributed by atoms with Crippen LogP contribution in [-0.4, -0.2) is 43.2 Å². The van der Waals surface area contributed by atoms with E-state index in [1.165, 1.54) is 38.5 Å². The average Bonchev–Trinajstić information content (AvgIpc) is 2.69. The van der Waals surface area contributed by atoms with Crippen LogP contribution in [0.4, 0.5) is 10.5 Å². The Morgan fingerprint density at radius 3 is 2.69 bits per heavy atom. The van der Waals surface area contributed by atoms with E-state index in [1.807, 2.05) is 23.1 Å². The van der Waals surface area contributed by atoms with Gasteiger partial charge in [0.05, 0.1) is 0 Å². The highest BCUT2D eigenvalue weighted by Gasteiger charge is 2.18. The van der Waals surface area contributed by atoms with Gasteiger partial charge >= 0.3 is 6.03 Å². The molecule has 0 spiro atoms. The molecule has 2 aliphatic rings. The molecule has 1 atom stereocenters. The first-order valence-electron chi connectivity index (χ1n) is 10.3. The van der Waals surface area contributed by atoms with E-state index in [-0.39, 0.29) is 6.03 Å². The Morgan fingerprint density at radius 1 is 1.19 bits per heavy atom. The second-order valence-corrected chi connectivity index (χ2v) is 7.85. The Labute approximate surface area is 157 Å². The Bertz CT molecular complexity index is 565. The first kappa shape index (κ1) is 19.2. The van der Waals surface area contributed by atoms with Crippen molar-refractivity contribution < 1.29 is 4.79 Å². The number of para-hydroxylation sites is 1. The summed E-state index contributed by atoms with van der Waals surface area (Å²) in [6.45, 7) is 6.36. The highest BCUT2D eigenvalue weighted by Crippen LogP contribution is 2.27. The fraction of sp³-hybridized carbons (Fsp3) is 0.667. The molecule has 0 aromatic heterocycles. The van der Waals surface area contributed by atoms with Crippen LogP contribution in [0, 0.1) is 5.92 Å². The number of urea groups is 1. The summed E-state index contributed by atoms with van der Waals surface area (Å²) >= 11 is 0. The quantitative estimate of drug-likeness (QED) is 0.729. The first-order valence-corrected chi connectivity index (χ1v) is 10.3. The second-order valence-electron chi connectivity index (χ2n) is 7.85. The van der Waals surface area contributed by atoms with E-state index in [0.717, 1.165) is 49.9 Å². The van der Waals surface area contributed by atoms with Crippen LogP contribution in [0.15, 0.2) is 24.3 Å². The molecule has 1 aromatic carbocycles. The number of piperazine rings is 1. The summed E-state index contributed by atoms with van der Waals surface area (Å²) in [5, 5.41) is 10.0. The molecule has 5 heteroatoms. The van der Waals surface area contributed by atoms with Gasteiger partial charge in [-0.15, -0.1) is 0 Å². The highest BCUT2D eigenvalue weighted by atomic mass is 16.2. The summed E-state index contributed by atoms with van der Waals surface area (Å²) < 4.78 is 0. The number of carbonyl (C=O) groups excluding carboxylic acids is 1. The van der Waals surface area contributed by atoms with Crippen molar-refractivity contribution in [3.8, 4) is 0 Å². The third-order valence-corrected chi connectivity index (χ3v) is 5.72. The molecule has 1 saturated heterocycles. The van der Waals surface area contributed by atoms with Gasteiger partial charge in [0.15, 0.2) is 0 Å². The van der Waals surface area contributed by atoms with Crippen LogP contribution in [0.2, 0.25) is 0 Å². The summed E-state index contributed by atoms with van der Waals surface area (Å²) in [4.78, 5) is 14.4. The van der Waals surface area contributed by atoms with Gasteiger partial charge in [0.2, 0.25) is 0 Å². The summed E-state index contributed by atoms with van der Waals surface area (Å²) in [6, 6.07) is 8.66. The fourth-order valence-electron chi connectivity index (χ4n) is 4.15. The smallest absolute Gasteiger partial charge is 0.321 e. The maximum atomic E-state index is 12.5. The zero-order valence-corrected chi connectivity index (χ0v) is 16.1. The molecule has 2 amide bonds. The average molecular weight is 359 g/mol. The SMILES string of the molecule is CC(CC1CCCCC1)NCc1ccccc1NC(=O)N1CCNCC1. The molecule has 26 heavy (non-hydrogen) atoms. The third kappa shape index (κ3) is 5.71. The molecule has 1 aliphatic heterocycles. The van der Waals surface area contributed by atoms with Crippen molar-refractivity contribution >= 4 is 11.7 Å². The van der Waals surface area contributed by atoms with Crippen LogP contribution >= 0.6 is 0 Å². The Hall–Kier alpha value is -1.59. The van der Waals surface area contributed by atoms with Gasteiger partial charge in [-0.2, -0.15) is 0 Å². The first-order chi connectivity index (χ1) is 12.7. The van der Waals surface area contributed by atoms with Crippen molar-refractivity contribution in [1.82, 2.24) is 15.5 Å². The number of carbonyl (C=O) groups is 1. The molecule has 0 radical (unpaired) electrons. The molecule has 1 aliphatic carbocycles. The largest absolute Gasteiger partial charge is 0.322 e. The van der Waals surface area contributed by atoms with E-state index in [1.54, 1.807) is 0 Å². The van der Waals surface area contributed by atoms with Crippen molar-refractivity contribution in [1.29, 1.82) is 0 Å². The lowest BCUT2D eigenvalue weighted by atomic mass is 9.85. The van der Waals surface area contributed by atoms with Gasteiger partial charge in [0.25, 0.3) is 0 Å². The number of hydrogen-bond acceptors (Lipinski definition) is 3. The molecule has 1 unspecified atom stereocenters. The molecule has 144 valence electrons. The van der Waals surface area contributed by atoms with Gasteiger partial charge in [0.1, 0.15) is 0 Å². The summed E-state index contributed by atoms with van der Waals surface area (Å²) in [5.41, 5.74) is 2.08. The number of anilines is 1. The second kappa shape index (κ2) is 9.93. The lowest BCUT2D eigenvalue weighted by Gasteiger charge is -2.28. The number of nitrogens with one attached hydrogen (secondary N) is 3. The number of rotatable bonds is 6. The van der Waals surface area contributed by atoms with Crippen molar-refractivity contribution in [3.05, 3.63) is 29.8 Å². The number of benzene rings is 1. The molecule has 3 rings (SSSR count). The van der Waals surface area contributed by atoms with Crippen molar-refractivity contribution in [2.24, 2.45) is 5.92 Å². The van der Waals surface area contributed by atoms with Crippen LogP contribution in [-0.2, 0) is 6.54 Å².